The second-order valence-electron chi connectivity index (χ2n) is 7.97. The molecule has 38 heavy (non-hydrogen) atoms. The van der Waals surface area contributed by atoms with Gasteiger partial charge < -0.3 is 28.4 Å². The lowest BCUT2D eigenvalue weighted by molar-refractivity contribution is 0.104. The number of ether oxygens (including phenoxy) is 6. The molecule has 0 saturated heterocycles. The average molecular weight is 583 g/mol. The van der Waals surface area contributed by atoms with Gasteiger partial charge in [0.2, 0.25) is 11.5 Å². The Hall–Kier alpha value is -3.91. The van der Waals surface area contributed by atoms with Crippen molar-refractivity contribution in [2.75, 3.05) is 42.7 Å². The van der Waals surface area contributed by atoms with Crippen molar-refractivity contribution in [2.24, 2.45) is 0 Å². The molecule has 0 bridgehead atoms. The third-order valence-corrected chi connectivity index (χ3v) is 6.63. The van der Waals surface area contributed by atoms with Gasteiger partial charge in [-0.3, -0.25) is 4.79 Å². The molecule has 0 radical (unpaired) electrons. The van der Waals surface area contributed by atoms with Gasteiger partial charge in [0, 0.05) is 5.56 Å². The lowest BCUT2D eigenvalue weighted by Crippen LogP contribution is -2.03. The van der Waals surface area contributed by atoms with Crippen LogP contribution in [0.25, 0.3) is 12.2 Å². The summed E-state index contributed by atoms with van der Waals surface area (Å²) in [5.41, 5.74) is 3.38. The van der Waals surface area contributed by atoms with E-state index in [2.05, 4.69) is 15.9 Å². The fourth-order valence-electron chi connectivity index (χ4n) is 3.95. The summed E-state index contributed by atoms with van der Waals surface area (Å²) in [4.78, 5) is 13.0. The van der Waals surface area contributed by atoms with Crippen LogP contribution < -0.4 is 28.4 Å². The summed E-state index contributed by atoms with van der Waals surface area (Å²) in [6, 6.07) is 13.4. The van der Waals surface area contributed by atoms with Crippen molar-refractivity contribution < 1.29 is 33.2 Å². The predicted octanol–water partition coefficient (Wildman–Crippen LogP) is 6.65. The Balaban J connectivity index is 1.84. The summed E-state index contributed by atoms with van der Waals surface area (Å²) in [5.74, 6) is 2.73. The smallest absolute Gasteiger partial charge is 0.204 e. The van der Waals surface area contributed by atoms with Crippen LogP contribution in [-0.4, -0.2) is 48.4 Å². The minimum atomic E-state index is -0.193. The summed E-state index contributed by atoms with van der Waals surface area (Å²) in [6.45, 7) is 0. The molecule has 0 aliphatic carbocycles. The lowest BCUT2D eigenvalue weighted by Gasteiger charge is -2.15. The zero-order valence-corrected chi connectivity index (χ0v) is 23.9. The molecule has 8 heteroatoms. The van der Waals surface area contributed by atoms with Gasteiger partial charge >= 0.3 is 0 Å². The average Bonchev–Trinajstić information content (AvgIpc) is 2.95. The fraction of sp³-hybridized carbons (Fsp3) is 0.233. The zero-order chi connectivity index (χ0) is 27.7. The molecular weight excluding hydrogens is 552 g/mol. The molecule has 0 spiro atoms. The van der Waals surface area contributed by atoms with Gasteiger partial charge in [-0.05, 0) is 63.3 Å². The van der Waals surface area contributed by atoms with Crippen molar-refractivity contribution in [3.05, 3.63) is 81.3 Å². The number of ketones is 1. The van der Waals surface area contributed by atoms with Gasteiger partial charge in [0.05, 0.1) is 47.1 Å². The first-order chi connectivity index (χ1) is 18.4. The lowest BCUT2D eigenvalue weighted by atomic mass is 10.0. The Bertz CT molecular complexity index is 1320. The van der Waals surface area contributed by atoms with Gasteiger partial charge in [0.1, 0.15) is 0 Å². The first kappa shape index (κ1) is 28.7. The Labute approximate surface area is 231 Å². The van der Waals surface area contributed by atoms with Gasteiger partial charge in [-0.2, -0.15) is 0 Å². The Morgan fingerprint density at radius 1 is 0.737 bits per heavy atom. The topological polar surface area (TPSA) is 72.5 Å². The molecule has 3 aromatic carbocycles. The van der Waals surface area contributed by atoms with Crippen molar-refractivity contribution in [2.45, 2.75) is 6.42 Å². The van der Waals surface area contributed by atoms with Gasteiger partial charge in [0.25, 0.3) is 0 Å². The highest BCUT2D eigenvalue weighted by Crippen LogP contribution is 2.45. The van der Waals surface area contributed by atoms with Crippen LogP contribution in [0, 0.1) is 0 Å². The standard InChI is InChI=1S/C30H31BrO7/c1-33-24-16-19(17-25(34-2)28(24)36-4)14-15-21-11-8-7-10-20(21)12-9-13-23(32)22-18-26(35-3)29(37-5)30(38-6)27(22)31/h7-11,13-18H,12H2,1-6H3/b13-9-,15-14-. The largest absolute Gasteiger partial charge is 0.493 e. The van der Waals surface area contributed by atoms with E-state index in [1.807, 2.05) is 54.6 Å². The number of hydrogen-bond donors (Lipinski definition) is 0. The van der Waals surface area contributed by atoms with E-state index in [1.165, 1.54) is 21.3 Å². The van der Waals surface area contributed by atoms with E-state index < -0.39 is 0 Å². The molecule has 200 valence electrons. The number of carbonyl (C=O) groups excluding carboxylic acids is 1. The summed E-state index contributed by atoms with van der Waals surface area (Å²) in [6.07, 6.45) is 7.94. The molecule has 0 aliphatic rings. The maximum absolute atomic E-state index is 13.0. The van der Waals surface area contributed by atoms with Crippen molar-refractivity contribution >= 4 is 33.9 Å². The second kappa shape index (κ2) is 13.6. The molecule has 0 aromatic heterocycles. The van der Waals surface area contributed by atoms with Crippen molar-refractivity contribution in [1.29, 1.82) is 0 Å². The third kappa shape index (κ3) is 6.31. The van der Waals surface area contributed by atoms with Gasteiger partial charge in [0.15, 0.2) is 28.8 Å². The van der Waals surface area contributed by atoms with Crippen LogP contribution in [0.2, 0.25) is 0 Å². The summed E-state index contributed by atoms with van der Waals surface area (Å²) >= 11 is 3.47. The molecule has 7 nitrogen and oxygen atoms in total. The third-order valence-electron chi connectivity index (χ3n) is 5.84. The van der Waals surface area contributed by atoms with Gasteiger partial charge in [-0.15, -0.1) is 0 Å². The maximum Gasteiger partial charge on any atom is 0.204 e. The molecule has 0 saturated carbocycles. The van der Waals surface area contributed by atoms with Crippen LogP contribution >= 0.6 is 15.9 Å². The molecule has 0 amide bonds. The molecule has 3 aromatic rings. The number of carbonyl (C=O) groups is 1. The highest BCUT2D eigenvalue weighted by molar-refractivity contribution is 9.10. The molecule has 0 atom stereocenters. The molecule has 0 heterocycles. The first-order valence-electron chi connectivity index (χ1n) is 11.7. The van der Waals surface area contributed by atoms with E-state index in [-0.39, 0.29) is 5.78 Å². The van der Waals surface area contributed by atoms with E-state index in [4.69, 9.17) is 28.4 Å². The summed E-state index contributed by atoms with van der Waals surface area (Å²) in [5, 5.41) is 0. The summed E-state index contributed by atoms with van der Waals surface area (Å²) in [7, 11) is 9.29. The normalized spacial score (nSPS) is 11.0. The second-order valence-corrected chi connectivity index (χ2v) is 8.76. The van der Waals surface area contributed by atoms with Gasteiger partial charge in [-0.25, -0.2) is 0 Å². The molecular formula is C30H31BrO7. The SMILES string of the molecule is COc1cc(/C=C\c2ccccc2C/C=C\C(=O)c2cc(OC)c(OC)c(OC)c2Br)cc(OC)c1OC. The number of hydrogen-bond acceptors (Lipinski definition) is 7. The molecule has 3 rings (SSSR count). The predicted molar refractivity (Wildman–Crippen MR) is 152 cm³/mol. The molecule has 0 aliphatic heterocycles. The van der Waals surface area contributed by atoms with Crippen LogP contribution in [0.3, 0.4) is 0 Å². The van der Waals surface area contributed by atoms with E-state index in [9.17, 15) is 4.79 Å². The number of allylic oxidation sites excluding steroid dienone is 2. The van der Waals surface area contributed by atoms with Crippen LogP contribution in [0.15, 0.2) is 59.1 Å². The fourth-order valence-corrected chi connectivity index (χ4v) is 4.60. The number of benzene rings is 3. The zero-order valence-electron chi connectivity index (χ0n) is 22.3. The molecule has 0 unspecified atom stereocenters. The van der Waals surface area contributed by atoms with Gasteiger partial charge in [-0.1, -0.05) is 42.5 Å². The van der Waals surface area contributed by atoms with Crippen molar-refractivity contribution in [1.82, 2.24) is 0 Å². The highest BCUT2D eigenvalue weighted by Gasteiger charge is 2.21. The minimum Gasteiger partial charge on any atom is -0.493 e. The molecule has 0 N–H and O–H groups in total. The Morgan fingerprint density at radius 2 is 1.32 bits per heavy atom. The number of methoxy groups -OCH3 is 6. The van der Waals surface area contributed by atoms with E-state index in [1.54, 1.807) is 33.5 Å². The van der Waals surface area contributed by atoms with Crippen LogP contribution in [0.4, 0.5) is 0 Å². The number of halogens is 1. The molecule has 0 fully saturated rings. The maximum atomic E-state index is 13.0. The Morgan fingerprint density at radius 3 is 1.89 bits per heavy atom. The van der Waals surface area contributed by atoms with Crippen LogP contribution in [0.1, 0.15) is 27.0 Å². The van der Waals surface area contributed by atoms with E-state index >= 15 is 0 Å². The quantitative estimate of drug-likeness (QED) is 0.134. The summed E-state index contributed by atoms with van der Waals surface area (Å²) < 4.78 is 33.0. The van der Waals surface area contributed by atoms with Crippen molar-refractivity contribution in [3.63, 3.8) is 0 Å². The minimum absolute atomic E-state index is 0.193. The Kier molecular flexibility index (Phi) is 10.2. The van der Waals surface area contributed by atoms with Crippen LogP contribution in [0.5, 0.6) is 34.5 Å². The first-order valence-corrected chi connectivity index (χ1v) is 12.5. The monoisotopic (exact) mass is 582 g/mol. The van der Waals surface area contributed by atoms with Crippen molar-refractivity contribution in [3.8, 4) is 34.5 Å². The highest BCUT2D eigenvalue weighted by atomic mass is 79.9. The van der Waals surface area contributed by atoms with E-state index in [0.717, 1.165) is 16.7 Å². The number of rotatable bonds is 12. The van der Waals surface area contributed by atoms with Crippen LogP contribution in [-0.2, 0) is 6.42 Å². The van der Waals surface area contributed by atoms with E-state index in [0.29, 0.717) is 51.0 Å².